The van der Waals surface area contributed by atoms with E-state index in [4.69, 9.17) is 20.0 Å². The van der Waals surface area contributed by atoms with E-state index in [0.717, 1.165) is 27.0 Å². The van der Waals surface area contributed by atoms with Crippen LogP contribution in [0.4, 0.5) is 0 Å². The summed E-state index contributed by atoms with van der Waals surface area (Å²) in [5.41, 5.74) is 5.95. The molecule has 0 bridgehead atoms. The molecular weight excluding hydrogens is 684 g/mol. The Kier molecular flexibility index (Phi) is 14.6. The fraction of sp³-hybridized carbons (Fsp3) is 0.395. The summed E-state index contributed by atoms with van der Waals surface area (Å²) in [7, 11) is 3.10. The molecule has 4 amide bonds. The average Bonchev–Trinajstić information content (AvgIpc) is 3.18. The Balaban J connectivity index is 1.79. The number of nitrogens with zero attached hydrogens (tertiary/aromatic N) is 1. The van der Waals surface area contributed by atoms with Crippen molar-refractivity contribution < 1.29 is 33.5 Å². The summed E-state index contributed by atoms with van der Waals surface area (Å²) in [6, 6.07) is 26.8. The Hall–Kier alpha value is -5.42. The van der Waals surface area contributed by atoms with Crippen LogP contribution in [0, 0.1) is 17.8 Å². The lowest BCUT2D eigenvalue weighted by atomic mass is 9.85. The Morgan fingerprint density at radius 3 is 2.17 bits per heavy atom. The highest BCUT2D eigenvalue weighted by atomic mass is 16.7. The number of nitrogens with one attached hydrogen (secondary N) is 2. The zero-order chi connectivity index (χ0) is 39.4. The minimum Gasteiger partial charge on any atom is -0.497 e. The van der Waals surface area contributed by atoms with E-state index in [1.165, 1.54) is 0 Å². The second-order valence-corrected chi connectivity index (χ2v) is 14.2. The fourth-order valence-electron chi connectivity index (χ4n) is 6.46. The van der Waals surface area contributed by atoms with E-state index in [1.807, 2.05) is 94.4 Å². The van der Waals surface area contributed by atoms with Crippen molar-refractivity contribution in [3.63, 3.8) is 0 Å². The summed E-state index contributed by atoms with van der Waals surface area (Å²) in [6.45, 7) is 9.38. The summed E-state index contributed by atoms with van der Waals surface area (Å²) >= 11 is 0. The molecule has 0 spiro atoms. The van der Waals surface area contributed by atoms with Crippen molar-refractivity contribution in [2.24, 2.45) is 23.5 Å². The minimum absolute atomic E-state index is 0.00908. The highest BCUT2D eigenvalue weighted by Crippen LogP contribution is 2.35. The molecule has 0 saturated heterocycles. The molecule has 0 aliphatic heterocycles. The third kappa shape index (κ3) is 10.2. The van der Waals surface area contributed by atoms with Gasteiger partial charge in [-0.3, -0.25) is 24.0 Å². The van der Waals surface area contributed by atoms with Crippen LogP contribution in [0.15, 0.2) is 91.0 Å². The monoisotopic (exact) mass is 738 g/mol. The number of ether oxygens (including phenoxy) is 2. The van der Waals surface area contributed by atoms with Gasteiger partial charge in [-0.25, -0.2) is 5.06 Å². The molecule has 0 saturated carbocycles. The molecule has 288 valence electrons. The number of carbonyl (C=O) groups excluding carboxylic acids is 4. The van der Waals surface area contributed by atoms with Gasteiger partial charge in [0.1, 0.15) is 24.1 Å². The molecule has 0 aromatic heterocycles. The van der Waals surface area contributed by atoms with Crippen molar-refractivity contribution in [2.45, 2.75) is 78.6 Å². The molecule has 4 aromatic rings. The number of carbonyl (C=O) groups is 4. The van der Waals surface area contributed by atoms with Crippen LogP contribution in [0.2, 0.25) is 0 Å². The van der Waals surface area contributed by atoms with Gasteiger partial charge in [0.15, 0.2) is 5.54 Å². The maximum atomic E-state index is 15.1. The van der Waals surface area contributed by atoms with Gasteiger partial charge in [0.05, 0.1) is 14.2 Å². The number of benzene rings is 4. The van der Waals surface area contributed by atoms with E-state index in [0.29, 0.717) is 29.9 Å². The Morgan fingerprint density at radius 2 is 1.54 bits per heavy atom. The number of methoxy groups -OCH3 is 2. The second kappa shape index (κ2) is 19.1. The molecule has 0 radical (unpaired) electrons. The van der Waals surface area contributed by atoms with Crippen molar-refractivity contribution in [1.82, 2.24) is 15.7 Å². The van der Waals surface area contributed by atoms with Crippen LogP contribution in [0.25, 0.3) is 10.8 Å². The average molecular weight is 739 g/mol. The molecule has 0 fully saturated rings. The van der Waals surface area contributed by atoms with E-state index in [-0.39, 0.29) is 37.3 Å². The molecule has 0 heterocycles. The first-order chi connectivity index (χ1) is 25.8. The third-order valence-corrected chi connectivity index (χ3v) is 9.88. The molecule has 54 heavy (non-hydrogen) atoms. The molecule has 4 atom stereocenters. The Morgan fingerprint density at radius 1 is 0.852 bits per heavy atom. The van der Waals surface area contributed by atoms with Crippen LogP contribution in [0.5, 0.6) is 11.5 Å². The number of rotatable bonds is 19. The van der Waals surface area contributed by atoms with Gasteiger partial charge >= 0.3 is 0 Å². The normalized spacial score (nSPS) is 14.0. The number of hydrogen-bond donors (Lipinski definition) is 3. The van der Waals surface area contributed by atoms with Gasteiger partial charge in [-0.2, -0.15) is 0 Å². The standard InChI is InChI=1S/C43H54N4O7/c1-8-29(4)39(40(44)49)46-42(51)43(5,35-20-18-31-16-12-13-17-32(31)23-35)47(54-27-30-14-10-9-11-15-30)41(50)34(22-28(2)3)24-38(48)45-26-33-19-21-36(52-6)25-37(33)53-7/h9-21,23,25,28-29,34,39H,8,22,24,26-27H2,1-7H3,(H2,44,49)(H,45,48)(H,46,51)/t29?,34?,39-,43-/m0/s1. The van der Waals surface area contributed by atoms with E-state index in [9.17, 15) is 14.4 Å². The van der Waals surface area contributed by atoms with Crippen LogP contribution in [0.1, 0.15) is 70.6 Å². The number of hydrogen-bond acceptors (Lipinski definition) is 7. The van der Waals surface area contributed by atoms with E-state index in [1.54, 1.807) is 45.4 Å². The smallest absolute Gasteiger partial charge is 0.253 e. The van der Waals surface area contributed by atoms with E-state index < -0.39 is 35.2 Å². The van der Waals surface area contributed by atoms with Gasteiger partial charge in [0, 0.05) is 30.5 Å². The zero-order valence-corrected chi connectivity index (χ0v) is 32.4. The number of fused-ring (bicyclic) bond motifs is 1. The number of nitrogens with two attached hydrogens (primary N) is 1. The van der Waals surface area contributed by atoms with Gasteiger partial charge in [0.25, 0.3) is 11.8 Å². The van der Waals surface area contributed by atoms with Crippen molar-refractivity contribution in [3.05, 3.63) is 108 Å². The highest BCUT2D eigenvalue weighted by molar-refractivity contribution is 5.97. The minimum atomic E-state index is -1.82. The van der Waals surface area contributed by atoms with Crippen LogP contribution < -0.4 is 25.8 Å². The van der Waals surface area contributed by atoms with Gasteiger partial charge < -0.3 is 25.8 Å². The van der Waals surface area contributed by atoms with Crippen molar-refractivity contribution in [1.29, 1.82) is 0 Å². The zero-order valence-electron chi connectivity index (χ0n) is 32.4. The molecule has 4 N–H and O–H groups in total. The lowest BCUT2D eigenvalue weighted by Gasteiger charge is -2.41. The fourth-order valence-corrected chi connectivity index (χ4v) is 6.46. The summed E-state index contributed by atoms with van der Waals surface area (Å²) in [4.78, 5) is 62.7. The molecule has 11 nitrogen and oxygen atoms in total. The predicted octanol–water partition coefficient (Wildman–Crippen LogP) is 6.42. The highest BCUT2D eigenvalue weighted by Gasteiger charge is 2.48. The van der Waals surface area contributed by atoms with Crippen LogP contribution in [-0.2, 0) is 42.7 Å². The van der Waals surface area contributed by atoms with Crippen molar-refractivity contribution in [2.75, 3.05) is 14.2 Å². The molecule has 4 aromatic carbocycles. The topological polar surface area (TPSA) is 149 Å². The van der Waals surface area contributed by atoms with E-state index >= 15 is 4.79 Å². The molecule has 0 aliphatic rings. The van der Waals surface area contributed by atoms with Crippen LogP contribution in [0.3, 0.4) is 0 Å². The predicted molar refractivity (Wildman–Crippen MR) is 209 cm³/mol. The molecule has 4 rings (SSSR count). The molecule has 2 unspecified atom stereocenters. The maximum absolute atomic E-state index is 15.1. The maximum Gasteiger partial charge on any atom is 0.253 e. The lowest BCUT2D eigenvalue weighted by molar-refractivity contribution is -0.232. The SMILES string of the molecule is CCC(C)[C@H](NC(=O)[C@](C)(c1ccc2ccccc2c1)N(OCc1ccccc1)C(=O)C(CC(=O)NCc1ccc(OC)cc1OC)CC(C)C)C(N)=O. The van der Waals surface area contributed by atoms with E-state index in [2.05, 4.69) is 10.6 Å². The first-order valence-electron chi connectivity index (χ1n) is 18.4. The number of amides is 4. The first kappa shape index (κ1) is 41.3. The summed E-state index contributed by atoms with van der Waals surface area (Å²) in [5.74, 6) is -2.25. The first-order valence-corrected chi connectivity index (χ1v) is 18.4. The van der Waals surface area contributed by atoms with Crippen LogP contribution in [-0.4, -0.2) is 49.0 Å². The Labute approximate surface area is 318 Å². The van der Waals surface area contributed by atoms with Crippen molar-refractivity contribution in [3.8, 4) is 11.5 Å². The second-order valence-electron chi connectivity index (χ2n) is 14.2. The van der Waals surface area contributed by atoms with Gasteiger partial charge in [-0.05, 0) is 65.3 Å². The van der Waals surface area contributed by atoms with Crippen LogP contribution >= 0.6 is 0 Å². The Bertz CT molecular complexity index is 1900. The summed E-state index contributed by atoms with van der Waals surface area (Å²) in [6.07, 6.45) is 0.726. The lowest BCUT2D eigenvalue weighted by Crippen LogP contribution is -2.61. The van der Waals surface area contributed by atoms with Crippen molar-refractivity contribution >= 4 is 34.4 Å². The molecule has 0 aliphatic carbocycles. The summed E-state index contributed by atoms with van der Waals surface area (Å²) < 4.78 is 10.8. The quantitative estimate of drug-likeness (QED) is 0.0941. The molecular formula is C43H54N4O7. The van der Waals surface area contributed by atoms with Gasteiger partial charge in [-0.1, -0.05) is 101 Å². The van der Waals surface area contributed by atoms with Gasteiger partial charge in [0.2, 0.25) is 11.8 Å². The third-order valence-electron chi connectivity index (χ3n) is 9.88. The number of primary amides is 1. The summed E-state index contributed by atoms with van der Waals surface area (Å²) in [5, 5.41) is 8.70. The number of hydroxylamine groups is 2. The molecule has 11 heteroatoms. The van der Waals surface area contributed by atoms with Gasteiger partial charge in [-0.15, -0.1) is 0 Å². The largest absolute Gasteiger partial charge is 0.497 e.